The van der Waals surface area contributed by atoms with Gasteiger partial charge < -0.3 is 30.4 Å². The van der Waals surface area contributed by atoms with E-state index in [4.69, 9.17) is 0 Å². The second kappa shape index (κ2) is 42.0. The summed E-state index contributed by atoms with van der Waals surface area (Å²) in [5, 5.41) is 29.4. The number of rotatable bonds is 12. The minimum atomic E-state index is 0. The predicted octanol–water partition coefficient (Wildman–Crippen LogP) is 23.3. The zero-order valence-corrected chi connectivity index (χ0v) is 73.8. The van der Waals surface area contributed by atoms with Crippen LogP contribution in [0, 0.1) is 91.8 Å². The first-order chi connectivity index (χ1) is 55.4. The van der Waals surface area contributed by atoms with Crippen LogP contribution in [0.3, 0.4) is 0 Å². The fraction of sp³-hybridized carbons (Fsp3) is 0.118. The van der Waals surface area contributed by atoms with Crippen molar-refractivity contribution in [2.45, 2.75) is 81.6 Å². The van der Waals surface area contributed by atoms with Crippen molar-refractivity contribution in [2.75, 3.05) is 0 Å². The molecule has 0 fully saturated rings. The van der Waals surface area contributed by atoms with Gasteiger partial charge in [0.05, 0.1) is 5.69 Å². The van der Waals surface area contributed by atoms with Crippen molar-refractivity contribution in [3.8, 4) is 118 Å². The number of benzene rings is 12. The third kappa shape index (κ3) is 23.4. The molecule has 12 nitrogen and oxygen atoms in total. The molecule has 0 radical (unpaired) electrons. The fourth-order valence-electron chi connectivity index (χ4n) is 13.2. The maximum atomic E-state index is 4.51. The Bertz CT molecular complexity index is 5750. The maximum Gasteiger partial charge on any atom is 0.0600 e. The molecule has 6 heterocycles. The first kappa shape index (κ1) is 87.4. The van der Waals surface area contributed by atoms with Gasteiger partial charge in [-0.15, -0.1) is 149 Å². The van der Waals surface area contributed by atoms with E-state index in [-0.39, 0.29) is 68.6 Å². The van der Waals surface area contributed by atoms with Gasteiger partial charge in [0.2, 0.25) is 0 Å². The van der Waals surface area contributed by atoms with Crippen LogP contribution < -0.4 is 15.2 Å². The molecule has 0 spiro atoms. The molecule has 0 N–H and O–H groups in total. The number of aromatic nitrogens is 12. The summed E-state index contributed by atoms with van der Waals surface area (Å²) in [6, 6.07) is 119. The van der Waals surface area contributed by atoms with Gasteiger partial charge >= 0.3 is 0 Å². The van der Waals surface area contributed by atoms with Crippen molar-refractivity contribution in [1.29, 1.82) is 0 Å². The molecule has 18 rings (SSSR count). The van der Waals surface area contributed by atoms with Gasteiger partial charge in [0, 0.05) is 110 Å². The average molecular weight is 2070 g/mol. The summed E-state index contributed by atoms with van der Waals surface area (Å²) in [7, 11) is 0. The molecule has 0 saturated heterocycles. The van der Waals surface area contributed by atoms with E-state index in [1.54, 1.807) is 18.6 Å². The molecular weight excluding hydrogens is 1980 g/mol. The molecule has 0 aliphatic heterocycles. The SMILES string of the molecule is CC(C)(C)c1cc(-c2[c-]cccc2)[n-]n1.Cc1c[c-]c(-c2cc(C)n[n-]2)cc1.Cc1cc(-c2ccccc2)cc(C)c1-c1c[c-]c(-n2cccn2)cc1.Cc1cc(-c2ccccc2)cc(C)c1-c1c[c-]c(-n2cccn2)cc1.Cc1cc(C)n(-c2[c-]cc(-c3ccc(-c4ccccc4)cc3)cc2)n1.[Pt].[Pt].[Pt].[c-]1ccccc1-c1cnc[n-]1. The number of hydrogen-bond acceptors (Lipinski definition) is 6. The van der Waals surface area contributed by atoms with Gasteiger partial charge in [-0.3, -0.25) is 14.0 Å². The molecular formula is C102H87N12Pt3-9. The molecule has 0 unspecified atom stereocenters. The van der Waals surface area contributed by atoms with Crippen molar-refractivity contribution < 1.29 is 63.2 Å². The molecule has 117 heavy (non-hydrogen) atoms. The normalized spacial score (nSPS) is 10.5. The number of imidazole rings is 1. The number of hydrogen-bond donors (Lipinski definition) is 0. The molecule has 18 aromatic rings. The van der Waals surface area contributed by atoms with Crippen LogP contribution in [-0.2, 0) is 68.6 Å². The third-order valence-electron chi connectivity index (χ3n) is 19.0. The maximum absolute atomic E-state index is 4.51. The van der Waals surface area contributed by atoms with E-state index in [2.05, 4.69) is 332 Å². The molecule has 594 valence electrons. The standard InChI is InChI=1S/3C23H19N2.C13H14N2.C11H10N2.C9H6N2.3Pt/c2*1-17-15-21(19-7-4-3-5-8-19)16-18(2)23(17)20-9-11-22(12-10-20)25-14-6-13-24-25;1-17-16-18(2)25(24-17)23-14-12-22(13-15-23)21-10-8-20(9-11-21)19-6-4-3-5-7-19;1-13(2,3)12-9-11(14-15-12)10-7-5-4-6-8-10;1-8-3-5-10(6-4-8)11-7-9(2)12-13-11;1-2-4-8(5-3-1)9-6-10-7-11-9;;;/h2*3-11,13-16H,1-2H3;3-14,16H,1-2H3;4-7,9H,1-3H3;3-5,7H,1-2H3;1-4,6-7H;;;/q3*-1;3*-2;;;. The van der Waals surface area contributed by atoms with Crippen LogP contribution in [0.2, 0.25) is 0 Å². The largest absolute Gasteiger partial charge is 0.619 e. The van der Waals surface area contributed by atoms with E-state index in [9.17, 15) is 0 Å². The summed E-state index contributed by atoms with van der Waals surface area (Å²) in [6.07, 6.45) is 10.7. The second-order valence-corrected chi connectivity index (χ2v) is 28.7. The Hall–Kier alpha value is -12.0. The van der Waals surface area contributed by atoms with Crippen molar-refractivity contribution in [3.63, 3.8) is 0 Å². The van der Waals surface area contributed by atoms with Crippen molar-refractivity contribution in [2.24, 2.45) is 0 Å². The first-order valence-electron chi connectivity index (χ1n) is 37.9. The molecule has 0 amide bonds. The average Bonchev–Trinajstić information content (AvgIpc) is 1.65. The van der Waals surface area contributed by atoms with Crippen LogP contribution in [-0.4, -0.2) is 44.5 Å². The van der Waals surface area contributed by atoms with Gasteiger partial charge in [0.1, 0.15) is 0 Å². The van der Waals surface area contributed by atoms with E-state index >= 15 is 0 Å². The molecule has 0 aliphatic rings. The van der Waals surface area contributed by atoms with E-state index in [1.807, 2.05) is 144 Å². The fourth-order valence-corrected chi connectivity index (χ4v) is 13.2. The van der Waals surface area contributed by atoms with E-state index in [0.717, 1.165) is 79.2 Å². The predicted molar refractivity (Wildman–Crippen MR) is 462 cm³/mol. The van der Waals surface area contributed by atoms with Gasteiger partial charge in [0.25, 0.3) is 0 Å². The quantitative estimate of drug-likeness (QED) is 0.110. The van der Waals surface area contributed by atoms with Gasteiger partial charge in [-0.05, 0) is 117 Å². The summed E-state index contributed by atoms with van der Waals surface area (Å²) in [5.74, 6) is 0. The van der Waals surface area contributed by atoms with Crippen LogP contribution in [0.1, 0.15) is 71.4 Å². The van der Waals surface area contributed by atoms with Crippen molar-refractivity contribution in [1.82, 2.24) is 59.7 Å². The summed E-state index contributed by atoms with van der Waals surface area (Å²) in [5.41, 5.74) is 33.8. The first-order valence-corrected chi connectivity index (χ1v) is 37.9. The molecule has 0 bridgehead atoms. The van der Waals surface area contributed by atoms with Gasteiger partial charge in [0.15, 0.2) is 0 Å². The molecule has 0 atom stereocenters. The van der Waals surface area contributed by atoms with Crippen LogP contribution in [0.15, 0.2) is 328 Å². The Morgan fingerprint density at radius 1 is 0.342 bits per heavy atom. The Labute approximate surface area is 731 Å². The Morgan fingerprint density at radius 2 is 0.769 bits per heavy atom. The Kier molecular flexibility index (Phi) is 31.4. The molecule has 15 heteroatoms. The Morgan fingerprint density at radius 3 is 1.15 bits per heavy atom. The van der Waals surface area contributed by atoms with E-state index in [0.29, 0.717) is 0 Å². The second-order valence-electron chi connectivity index (χ2n) is 28.7. The van der Waals surface area contributed by atoms with Crippen molar-refractivity contribution >= 4 is 0 Å². The molecule has 12 aromatic carbocycles. The van der Waals surface area contributed by atoms with Gasteiger partial charge in [-0.1, -0.05) is 218 Å². The van der Waals surface area contributed by atoms with Crippen molar-refractivity contribution in [3.05, 3.63) is 415 Å². The number of nitrogens with zero attached hydrogens (tertiary/aromatic N) is 12. The minimum Gasteiger partial charge on any atom is -0.619 e. The number of aryl methyl sites for hydroxylation is 8. The molecule has 0 aliphatic carbocycles. The van der Waals surface area contributed by atoms with E-state index in [1.165, 1.54) is 95.3 Å². The van der Waals surface area contributed by atoms with Crippen LogP contribution >= 0.6 is 0 Å². The molecule has 0 saturated carbocycles. The topological polar surface area (TPSA) is 134 Å². The van der Waals surface area contributed by atoms with Crippen LogP contribution in [0.25, 0.3) is 118 Å². The summed E-state index contributed by atoms with van der Waals surface area (Å²) in [6.45, 7) is 23.2. The van der Waals surface area contributed by atoms with Gasteiger partial charge in [-0.2, -0.15) is 81.0 Å². The van der Waals surface area contributed by atoms with Gasteiger partial charge in [-0.25, -0.2) is 11.4 Å². The zero-order valence-electron chi connectivity index (χ0n) is 67.0. The van der Waals surface area contributed by atoms with E-state index < -0.39 is 0 Å². The summed E-state index contributed by atoms with van der Waals surface area (Å²) >= 11 is 0. The molecule has 6 aromatic heterocycles. The smallest absolute Gasteiger partial charge is 0.0600 e. The monoisotopic (exact) mass is 2060 g/mol. The summed E-state index contributed by atoms with van der Waals surface area (Å²) < 4.78 is 5.57. The van der Waals surface area contributed by atoms with Crippen LogP contribution in [0.4, 0.5) is 0 Å². The minimum absolute atomic E-state index is 0. The van der Waals surface area contributed by atoms with Crippen LogP contribution in [0.5, 0.6) is 0 Å². The zero-order chi connectivity index (χ0) is 79.3. The Balaban J connectivity index is 0.000000151. The summed E-state index contributed by atoms with van der Waals surface area (Å²) in [4.78, 5) is 7.91. The third-order valence-corrected chi connectivity index (χ3v) is 19.0.